The first kappa shape index (κ1) is 18.3. The van der Waals surface area contributed by atoms with E-state index in [0.29, 0.717) is 13.2 Å². The molecule has 0 aliphatic carbocycles. The zero-order valence-corrected chi connectivity index (χ0v) is 15.8. The Bertz CT molecular complexity index is 696. The molecular weight excluding hydrogens is 368 g/mol. The van der Waals surface area contributed by atoms with Crippen LogP contribution in [0.2, 0.25) is 0 Å². The number of halogens is 1. The van der Waals surface area contributed by atoms with Gasteiger partial charge in [0.25, 0.3) is 0 Å². The summed E-state index contributed by atoms with van der Waals surface area (Å²) < 4.78 is 6.63. The molecule has 4 nitrogen and oxygen atoms in total. The Labute approximate surface area is 151 Å². The maximum atomic E-state index is 11.8. The maximum absolute atomic E-state index is 11.8. The van der Waals surface area contributed by atoms with Gasteiger partial charge in [0.05, 0.1) is 6.54 Å². The van der Waals surface area contributed by atoms with E-state index in [1.807, 2.05) is 42.5 Å². The molecule has 0 heterocycles. The van der Waals surface area contributed by atoms with Crippen molar-refractivity contribution in [2.24, 2.45) is 0 Å². The average Bonchev–Trinajstić information content (AvgIpc) is 2.51. The zero-order chi connectivity index (χ0) is 17.6. The fourth-order valence-corrected chi connectivity index (χ4v) is 2.53. The Morgan fingerprint density at radius 2 is 1.88 bits per heavy atom. The van der Waals surface area contributed by atoms with Crippen LogP contribution >= 0.6 is 15.9 Å². The minimum Gasteiger partial charge on any atom is -0.492 e. The van der Waals surface area contributed by atoms with Crippen molar-refractivity contribution in [1.29, 1.82) is 0 Å². The molecule has 0 atom stereocenters. The topological polar surface area (TPSA) is 50.4 Å². The second-order valence-electron chi connectivity index (χ2n) is 6.52. The van der Waals surface area contributed by atoms with Gasteiger partial charge < -0.3 is 15.4 Å². The van der Waals surface area contributed by atoms with E-state index in [4.69, 9.17) is 4.74 Å². The first-order chi connectivity index (χ1) is 11.3. The van der Waals surface area contributed by atoms with Crippen LogP contribution in [-0.2, 0) is 5.41 Å². The second kappa shape index (κ2) is 8.20. The monoisotopic (exact) mass is 390 g/mol. The highest BCUT2D eigenvalue weighted by Gasteiger charge is 2.13. The molecule has 0 radical (unpaired) electrons. The standard InChI is InChI=1S/C19H23BrN2O2/c1-19(2,3)14-6-4-9-17(12-14)24-11-10-21-18(23)22-16-8-5-7-15(20)13-16/h4-9,12-13H,10-11H2,1-3H3,(H2,21,22,23). The van der Waals surface area contributed by atoms with Gasteiger partial charge in [0.1, 0.15) is 12.4 Å². The van der Waals surface area contributed by atoms with E-state index in [0.717, 1.165) is 15.9 Å². The van der Waals surface area contributed by atoms with Gasteiger partial charge in [-0.2, -0.15) is 0 Å². The van der Waals surface area contributed by atoms with Crippen molar-refractivity contribution in [1.82, 2.24) is 5.32 Å². The predicted octanol–water partition coefficient (Wildman–Crippen LogP) is 4.95. The van der Waals surface area contributed by atoms with E-state index in [9.17, 15) is 4.79 Å². The number of anilines is 1. The van der Waals surface area contributed by atoms with Gasteiger partial charge in [-0.05, 0) is 41.3 Å². The van der Waals surface area contributed by atoms with Crippen LogP contribution in [0, 0.1) is 0 Å². The fraction of sp³-hybridized carbons (Fsp3) is 0.316. The van der Waals surface area contributed by atoms with Crippen molar-refractivity contribution in [3.05, 3.63) is 58.6 Å². The predicted molar refractivity (Wildman–Crippen MR) is 102 cm³/mol. The molecule has 2 aromatic carbocycles. The van der Waals surface area contributed by atoms with Gasteiger partial charge in [0, 0.05) is 10.2 Å². The fourth-order valence-electron chi connectivity index (χ4n) is 2.13. The Balaban J connectivity index is 1.76. The van der Waals surface area contributed by atoms with Gasteiger partial charge in [0.2, 0.25) is 0 Å². The maximum Gasteiger partial charge on any atom is 0.319 e. The molecule has 0 spiro atoms. The third-order valence-electron chi connectivity index (χ3n) is 3.44. The van der Waals surface area contributed by atoms with Crippen molar-refractivity contribution in [2.75, 3.05) is 18.5 Å². The van der Waals surface area contributed by atoms with Gasteiger partial charge >= 0.3 is 6.03 Å². The summed E-state index contributed by atoms with van der Waals surface area (Å²) in [4.78, 5) is 11.8. The molecule has 2 aromatic rings. The first-order valence-corrected chi connectivity index (χ1v) is 8.68. The summed E-state index contributed by atoms with van der Waals surface area (Å²) in [5.41, 5.74) is 2.04. The van der Waals surface area contributed by atoms with Crippen LogP contribution in [0.1, 0.15) is 26.3 Å². The number of hydrogen-bond acceptors (Lipinski definition) is 2. The highest BCUT2D eigenvalue weighted by molar-refractivity contribution is 9.10. The van der Waals surface area contributed by atoms with E-state index in [2.05, 4.69) is 53.4 Å². The number of benzene rings is 2. The molecular formula is C19H23BrN2O2. The average molecular weight is 391 g/mol. The molecule has 0 aliphatic heterocycles. The minimum absolute atomic E-state index is 0.0848. The molecule has 128 valence electrons. The number of ether oxygens (including phenoxy) is 1. The summed E-state index contributed by atoms with van der Waals surface area (Å²) in [6.07, 6.45) is 0. The molecule has 2 rings (SSSR count). The number of urea groups is 1. The third kappa shape index (κ3) is 5.89. The lowest BCUT2D eigenvalue weighted by atomic mass is 9.87. The zero-order valence-electron chi connectivity index (χ0n) is 14.2. The summed E-state index contributed by atoms with van der Waals surface area (Å²) >= 11 is 3.37. The summed E-state index contributed by atoms with van der Waals surface area (Å²) in [7, 11) is 0. The molecule has 0 bridgehead atoms. The summed E-state index contributed by atoms with van der Waals surface area (Å²) in [6, 6.07) is 15.2. The van der Waals surface area contributed by atoms with Crippen LogP contribution < -0.4 is 15.4 Å². The van der Waals surface area contributed by atoms with Crippen LogP contribution in [0.3, 0.4) is 0 Å². The van der Waals surface area contributed by atoms with E-state index in [1.54, 1.807) is 0 Å². The van der Waals surface area contributed by atoms with E-state index < -0.39 is 0 Å². The smallest absolute Gasteiger partial charge is 0.319 e. The lowest BCUT2D eigenvalue weighted by Crippen LogP contribution is -2.32. The number of hydrogen-bond donors (Lipinski definition) is 2. The van der Waals surface area contributed by atoms with Crippen molar-refractivity contribution in [3.8, 4) is 5.75 Å². The van der Waals surface area contributed by atoms with Gasteiger partial charge in [-0.3, -0.25) is 0 Å². The Morgan fingerprint density at radius 1 is 1.12 bits per heavy atom. The number of carbonyl (C=O) groups is 1. The Morgan fingerprint density at radius 3 is 2.58 bits per heavy atom. The quantitative estimate of drug-likeness (QED) is 0.709. The number of carbonyl (C=O) groups excluding carboxylic acids is 1. The molecule has 2 N–H and O–H groups in total. The molecule has 0 saturated heterocycles. The van der Waals surface area contributed by atoms with Crippen molar-refractivity contribution in [3.63, 3.8) is 0 Å². The molecule has 0 fully saturated rings. The van der Waals surface area contributed by atoms with Crippen LogP contribution in [0.15, 0.2) is 53.0 Å². The highest BCUT2D eigenvalue weighted by Crippen LogP contribution is 2.25. The minimum atomic E-state index is -0.250. The summed E-state index contributed by atoms with van der Waals surface area (Å²) in [5.74, 6) is 0.816. The van der Waals surface area contributed by atoms with Crippen LogP contribution in [0.25, 0.3) is 0 Å². The lowest BCUT2D eigenvalue weighted by molar-refractivity contribution is 0.247. The molecule has 24 heavy (non-hydrogen) atoms. The molecule has 5 heteroatoms. The van der Waals surface area contributed by atoms with Gasteiger partial charge in [-0.25, -0.2) is 4.79 Å². The van der Waals surface area contributed by atoms with Crippen molar-refractivity contribution < 1.29 is 9.53 Å². The highest BCUT2D eigenvalue weighted by atomic mass is 79.9. The van der Waals surface area contributed by atoms with Crippen molar-refractivity contribution >= 4 is 27.6 Å². The lowest BCUT2D eigenvalue weighted by Gasteiger charge is -2.19. The molecule has 0 aromatic heterocycles. The second-order valence-corrected chi connectivity index (χ2v) is 7.43. The van der Waals surface area contributed by atoms with Crippen LogP contribution in [-0.4, -0.2) is 19.2 Å². The van der Waals surface area contributed by atoms with Gasteiger partial charge in [0.15, 0.2) is 0 Å². The van der Waals surface area contributed by atoms with Crippen LogP contribution in [0.4, 0.5) is 10.5 Å². The van der Waals surface area contributed by atoms with E-state index in [1.165, 1.54) is 5.56 Å². The third-order valence-corrected chi connectivity index (χ3v) is 3.93. The van der Waals surface area contributed by atoms with Gasteiger partial charge in [-0.1, -0.05) is 54.9 Å². The molecule has 0 saturated carbocycles. The normalized spacial score (nSPS) is 11.0. The Kier molecular flexibility index (Phi) is 6.26. The molecule has 0 aliphatic rings. The van der Waals surface area contributed by atoms with E-state index in [-0.39, 0.29) is 11.4 Å². The molecule has 2 amide bonds. The number of amides is 2. The number of rotatable bonds is 5. The number of nitrogens with one attached hydrogen (secondary N) is 2. The largest absolute Gasteiger partial charge is 0.492 e. The van der Waals surface area contributed by atoms with Crippen LogP contribution in [0.5, 0.6) is 5.75 Å². The van der Waals surface area contributed by atoms with E-state index >= 15 is 0 Å². The SMILES string of the molecule is CC(C)(C)c1cccc(OCCNC(=O)Nc2cccc(Br)c2)c1. The first-order valence-electron chi connectivity index (χ1n) is 7.88. The summed E-state index contributed by atoms with van der Waals surface area (Å²) in [5, 5.41) is 5.55. The Hall–Kier alpha value is -2.01. The molecule has 0 unspecified atom stereocenters. The summed E-state index contributed by atoms with van der Waals surface area (Å²) in [6.45, 7) is 7.35. The van der Waals surface area contributed by atoms with Gasteiger partial charge in [-0.15, -0.1) is 0 Å². The van der Waals surface area contributed by atoms with Crippen molar-refractivity contribution in [2.45, 2.75) is 26.2 Å².